The van der Waals surface area contributed by atoms with Crippen molar-refractivity contribution in [2.24, 2.45) is 5.73 Å². The number of aliphatic hydroxyl groups is 1. The van der Waals surface area contributed by atoms with E-state index in [2.05, 4.69) is 0 Å². The minimum atomic E-state index is -0.695. The minimum Gasteiger partial charge on any atom is -0.497 e. The largest absolute Gasteiger partial charge is 0.497 e. The summed E-state index contributed by atoms with van der Waals surface area (Å²) in [7, 11) is 1.62. The van der Waals surface area contributed by atoms with E-state index in [1.807, 2.05) is 36.6 Å². The number of benzene rings is 1. The smallest absolute Gasteiger partial charge is 0.118 e. The number of ether oxygens (including phenoxy) is 1. The second kappa shape index (κ2) is 6.59. The van der Waals surface area contributed by atoms with Crippen LogP contribution < -0.4 is 10.5 Å². The van der Waals surface area contributed by atoms with Gasteiger partial charge in [-0.3, -0.25) is 0 Å². The molecule has 0 aliphatic rings. The van der Waals surface area contributed by atoms with E-state index in [1.54, 1.807) is 7.11 Å². The summed E-state index contributed by atoms with van der Waals surface area (Å²) in [5.41, 5.74) is 7.80. The summed E-state index contributed by atoms with van der Waals surface area (Å²) in [6, 6.07) is 7.58. The first-order valence-electron chi connectivity index (χ1n) is 6.34. The third-order valence-electron chi connectivity index (χ3n) is 3.37. The van der Waals surface area contributed by atoms with Gasteiger partial charge in [0.1, 0.15) is 5.75 Å². The van der Waals surface area contributed by atoms with Crippen molar-refractivity contribution >= 4 is 22.9 Å². The first-order chi connectivity index (χ1) is 9.58. The molecule has 2 aromatic rings. The molecule has 1 heterocycles. The van der Waals surface area contributed by atoms with E-state index in [1.165, 1.54) is 11.3 Å². The molecule has 2 atom stereocenters. The van der Waals surface area contributed by atoms with Crippen molar-refractivity contribution in [1.29, 1.82) is 0 Å². The van der Waals surface area contributed by atoms with Crippen LogP contribution in [0.1, 0.15) is 28.0 Å². The summed E-state index contributed by atoms with van der Waals surface area (Å²) >= 11 is 7.70. The highest BCUT2D eigenvalue weighted by Crippen LogP contribution is 2.39. The van der Waals surface area contributed by atoms with Crippen molar-refractivity contribution in [3.8, 4) is 5.75 Å². The third kappa shape index (κ3) is 2.99. The van der Waals surface area contributed by atoms with Crippen LogP contribution >= 0.6 is 22.9 Å². The van der Waals surface area contributed by atoms with Gasteiger partial charge < -0.3 is 15.6 Å². The van der Waals surface area contributed by atoms with Gasteiger partial charge >= 0.3 is 0 Å². The van der Waals surface area contributed by atoms with Crippen LogP contribution in [0.4, 0.5) is 0 Å². The van der Waals surface area contributed by atoms with Crippen LogP contribution in [0.2, 0.25) is 5.02 Å². The average Bonchev–Trinajstić information content (AvgIpc) is 2.80. The van der Waals surface area contributed by atoms with Crippen molar-refractivity contribution in [1.82, 2.24) is 0 Å². The highest BCUT2D eigenvalue weighted by atomic mass is 35.5. The number of nitrogens with two attached hydrogens (primary N) is 1. The Hall–Kier alpha value is -1.07. The van der Waals surface area contributed by atoms with Crippen LogP contribution in [0.5, 0.6) is 5.75 Å². The van der Waals surface area contributed by atoms with E-state index in [0.29, 0.717) is 11.6 Å². The molecule has 3 N–H and O–H groups in total. The zero-order valence-corrected chi connectivity index (χ0v) is 13.0. The van der Waals surface area contributed by atoms with Crippen molar-refractivity contribution in [2.75, 3.05) is 13.7 Å². The highest BCUT2D eigenvalue weighted by Gasteiger charge is 2.25. The summed E-state index contributed by atoms with van der Waals surface area (Å²) in [5.74, 6) is 0.598. The summed E-state index contributed by atoms with van der Waals surface area (Å²) in [5, 5.41) is 13.1. The van der Waals surface area contributed by atoms with Gasteiger partial charge in [-0.1, -0.05) is 23.7 Å². The summed E-state index contributed by atoms with van der Waals surface area (Å²) in [4.78, 5) is 0.774. The van der Waals surface area contributed by atoms with Crippen LogP contribution in [0, 0.1) is 6.92 Å². The van der Waals surface area contributed by atoms with Gasteiger partial charge in [-0.25, -0.2) is 0 Å². The lowest BCUT2D eigenvalue weighted by molar-refractivity contribution is 0.151. The number of aryl methyl sites for hydroxylation is 1. The molecule has 0 bridgehead atoms. The molecule has 20 heavy (non-hydrogen) atoms. The molecule has 5 heteroatoms. The van der Waals surface area contributed by atoms with Crippen LogP contribution in [0.3, 0.4) is 0 Å². The first kappa shape index (κ1) is 15.3. The second-order valence-electron chi connectivity index (χ2n) is 4.66. The Morgan fingerprint density at radius 1 is 1.35 bits per heavy atom. The number of methoxy groups -OCH3 is 1. The number of aliphatic hydroxyl groups excluding tert-OH is 1. The molecular weight excluding hydrogens is 294 g/mol. The fourth-order valence-corrected chi connectivity index (χ4v) is 3.48. The van der Waals surface area contributed by atoms with Crippen molar-refractivity contribution < 1.29 is 9.84 Å². The van der Waals surface area contributed by atoms with E-state index in [0.717, 1.165) is 21.8 Å². The normalized spacial score (nSPS) is 14.1. The van der Waals surface area contributed by atoms with Crippen molar-refractivity contribution in [3.05, 3.63) is 50.7 Å². The lowest BCUT2D eigenvalue weighted by Crippen LogP contribution is -2.19. The average molecular weight is 312 g/mol. The van der Waals surface area contributed by atoms with Crippen molar-refractivity contribution in [3.63, 3.8) is 0 Å². The topological polar surface area (TPSA) is 55.5 Å². The van der Waals surface area contributed by atoms with Gasteiger partial charge in [0.15, 0.2) is 0 Å². The molecule has 3 nitrogen and oxygen atoms in total. The van der Waals surface area contributed by atoms with Gasteiger partial charge in [-0.2, -0.15) is 0 Å². The maximum Gasteiger partial charge on any atom is 0.118 e. The Bertz CT molecular complexity index is 568. The lowest BCUT2D eigenvalue weighted by atomic mass is 9.92. The molecule has 0 spiro atoms. The molecule has 2 unspecified atom stereocenters. The van der Waals surface area contributed by atoms with Crippen LogP contribution in [0.25, 0.3) is 0 Å². The molecule has 0 saturated heterocycles. The quantitative estimate of drug-likeness (QED) is 0.888. The number of thiophene rings is 1. The van der Waals surface area contributed by atoms with Gasteiger partial charge in [-0.05, 0) is 35.6 Å². The Morgan fingerprint density at radius 3 is 2.45 bits per heavy atom. The lowest BCUT2D eigenvalue weighted by Gasteiger charge is -2.21. The monoisotopic (exact) mass is 311 g/mol. The van der Waals surface area contributed by atoms with E-state index >= 15 is 0 Å². The maximum absolute atomic E-state index is 10.6. The summed E-state index contributed by atoms with van der Waals surface area (Å²) in [6.07, 6.45) is -0.695. The van der Waals surface area contributed by atoms with Crippen molar-refractivity contribution in [2.45, 2.75) is 18.9 Å². The van der Waals surface area contributed by atoms with Gasteiger partial charge in [0, 0.05) is 12.5 Å². The Kier molecular flexibility index (Phi) is 5.05. The standard InChI is InChI=1S/C15H18ClNO2S/c1-9-8-20-15(13(9)16)14(18)12(7-17)10-3-5-11(19-2)6-4-10/h3-6,8,12,14,18H,7,17H2,1-2H3. The summed E-state index contributed by atoms with van der Waals surface area (Å²) in [6.45, 7) is 2.28. The third-order valence-corrected chi connectivity index (χ3v) is 5.16. The number of hydrogen-bond donors (Lipinski definition) is 2. The Labute approximate surface area is 128 Å². The molecule has 1 aromatic carbocycles. The molecular formula is C15H18ClNO2S. The van der Waals surface area contributed by atoms with Crippen LogP contribution in [0.15, 0.2) is 29.6 Å². The van der Waals surface area contributed by atoms with Gasteiger partial charge in [0.2, 0.25) is 0 Å². The maximum atomic E-state index is 10.6. The molecule has 0 fully saturated rings. The fourth-order valence-electron chi connectivity index (χ4n) is 2.13. The summed E-state index contributed by atoms with van der Waals surface area (Å²) < 4.78 is 5.14. The molecule has 0 aliphatic carbocycles. The van der Waals surface area contributed by atoms with E-state index in [9.17, 15) is 5.11 Å². The predicted octanol–water partition coefficient (Wildman–Crippen LogP) is 3.49. The van der Waals surface area contributed by atoms with Crippen LogP contribution in [-0.2, 0) is 0 Å². The van der Waals surface area contributed by atoms with Crippen LogP contribution in [-0.4, -0.2) is 18.8 Å². The zero-order valence-electron chi connectivity index (χ0n) is 11.5. The molecule has 0 aliphatic heterocycles. The Morgan fingerprint density at radius 2 is 2.00 bits per heavy atom. The number of hydrogen-bond acceptors (Lipinski definition) is 4. The van der Waals surface area contributed by atoms with Gasteiger partial charge in [0.25, 0.3) is 0 Å². The van der Waals surface area contributed by atoms with Gasteiger partial charge in [0.05, 0.1) is 23.1 Å². The SMILES string of the molecule is COc1ccc(C(CN)C(O)c2scc(C)c2Cl)cc1. The molecule has 0 saturated carbocycles. The Balaban J connectivity index is 2.28. The molecule has 2 rings (SSSR count). The number of halogens is 1. The zero-order chi connectivity index (χ0) is 14.7. The molecule has 0 radical (unpaired) electrons. The first-order valence-corrected chi connectivity index (χ1v) is 7.59. The molecule has 1 aromatic heterocycles. The van der Waals surface area contributed by atoms with E-state index in [-0.39, 0.29) is 5.92 Å². The predicted molar refractivity (Wildman–Crippen MR) is 83.8 cm³/mol. The van der Waals surface area contributed by atoms with E-state index in [4.69, 9.17) is 22.1 Å². The van der Waals surface area contributed by atoms with E-state index < -0.39 is 6.10 Å². The van der Waals surface area contributed by atoms with Gasteiger partial charge in [-0.15, -0.1) is 11.3 Å². The minimum absolute atomic E-state index is 0.184. The fraction of sp³-hybridized carbons (Fsp3) is 0.333. The second-order valence-corrected chi connectivity index (χ2v) is 5.95. The molecule has 0 amide bonds. The number of rotatable bonds is 5. The molecule has 108 valence electrons. The highest BCUT2D eigenvalue weighted by molar-refractivity contribution is 7.10.